The van der Waals surface area contributed by atoms with Gasteiger partial charge in [-0.3, -0.25) is 4.79 Å². The molecular formula is C17H25NO2. The number of amides is 1. The van der Waals surface area contributed by atoms with Gasteiger partial charge in [0.15, 0.2) is 6.10 Å². The third-order valence-corrected chi connectivity index (χ3v) is 3.88. The van der Waals surface area contributed by atoms with Crippen molar-refractivity contribution in [3.05, 3.63) is 29.8 Å². The number of benzene rings is 1. The molecule has 1 N–H and O–H groups in total. The number of ether oxygens (including phenoxy) is 1. The average Bonchev–Trinajstić information content (AvgIpc) is 2.46. The summed E-state index contributed by atoms with van der Waals surface area (Å²) >= 11 is 0. The lowest BCUT2D eigenvalue weighted by atomic mass is 9.95. The summed E-state index contributed by atoms with van der Waals surface area (Å²) in [6.45, 7) is 4.01. The van der Waals surface area contributed by atoms with Gasteiger partial charge < -0.3 is 10.1 Å². The molecule has 1 aliphatic carbocycles. The van der Waals surface area contributed by atoms with Crippen molar-refractivity contribution < 1.29 is 9.53 Å². The number of carbonyl (C=O) groups is 1. The van der Waals surface area contributed by atoms with Crippen LogP contribution in [0.25, 0.3) is 0 Å². The molecule has 0 heterocycles. The summed E-state index contributed by atoms with van der Waals surface area (Å²) in [5.41, 5.74) is 1.14. The highest BCUT2D eigenvalue weighted by Gasteiger charge is 2.22. The first-order valence-corrected chi connectivity index (χ1v) is 7.72. The van der Waals surface area contributed by atoms with E-state index in [4.69, 9.17) is 4.74 Å². The van der Waals surface area contributed by atoms with Gasteiger partial charge in [-0.1, -0.05) is 38.3 Å². The molecule has 1 fully saturated rings. The lowest BCUT2D eigenvalue weighted by Gasteiger charge is -2.25. The molecule has 110 valence electrons. The van der Waals surface area contributed by atoms with E-state index in [-0.39, 0.29) is 5.91 Å². The van der Waals surface area contributed by atoms with Crippen LogP contribution >= 0.6 is 0 Å². The molecule has 1 amide bonds. The highest BCUT2D eigenvalue weighted by Crippen LogP contribution is 2.19. The molecule has 0 spiro atoms. The Balaban J connectivity index is 1.91. The highest BCUT2D eigenvalue weighted by molar-refractivity contribution is 5.81. The molecular weight excluding hydrogens is 250 g/mol. The summed E-state index contributed by atoms with van der Waals surface area (Å²) in [5, 5.41) is 3.14. The van der Waals surface area contributed by atoms with Crippen LogP contribution in [0, 0.1) is 6.92 Å². The molecule has 0 bridgehead atoms. The normalized spacial score (nSPS) is 17.5. The fourth-order valence-corrected chi connectivity index (χ4v) is 2.72. The van der Waals surface area contributed by atoms with Gasteiger partial charge in [0.2, 0.25) is 0 Å². The number of aryl methyl sites for hydroxylation is 1. The number of carbonyl (C=O) groups excluding carboxylic acids is 1. The summed E-state index contributed by atoms with van der Waals surface area (Å²) in [4.78, 5) is 12.3. The fraction of sp³-hybridized carbons (Fsp3) is 0.588. The molecule has 1 atom stereocenters. The predicted molar refractivity (Wildman–Crippen MR) is 80.9 cm³/mol. The summed E-state index contributed by atoms with van der Waals surface area (Å²) in [6, 6.07) is 8.19. The van der Waals surface area contributed by atoms with Gasteiger partial charge in [0.25, 0.3) is 5.91 Å². The van der Waals surface area contributed by atoms with Crippen molar-refractivity contribution in [3.63, 3.8) is 0 Å². The number of nitrogens with one attached hydrogen (secondary N) is 1. The second-order valence-electron chi connectivity index (χ2n) is 5.67. The minimum Gasteiger partial charge on any atom is -0.481 e. The van der Waals surface area contributed by atoms with Crippen LogP contribution in [0.4, 0.5) is 0 Å². The number of hydrogen-bond acceptors (Lipinski definition) is 2. The van der Waals surface area contributed by atoms with Crippen LogP contribution in [0.1, 0.15) is 51.0 Å². The van der Waals surface area contributed by atoms with E-state index < -0.39 is 6.10 Å². The van der Waals surface area contributed by atoms with Crippen LogP contribution < -0.4 is 10.1 Å². The van der Waals surface area contributed by atoms with Gasteiger partial charge in [-0.15, -0.1) is 0 Å². The summed E-state index contributed by atoms with van der Waals surface area (Å²) in [7, 11) is 0. The first-order chi connectivity index (χ1) is 9.69. The maximum atomic E-state index is 12.3. The molecule has 0 radical (unpaired) electrons. The third kappa shape index (κ3) is 4.26. The maximum Gasteiger partial charge on any atom is 0.261 e. The van der Waals surface area contributed by atoms with Gasteiger partial charge >= 0.3 is 0 Å². The SMILES string of the molecule is CC[C@@H](Oc1cccc(C)c1)C(=O)NC1CCCCC1. The van der Waals surface area contributed by atoms with Crippen LogP contribution in [0.2, 0.25) is 0 Å². The van der Waals surface area contributed by atoms with E-state index in [2.05, 4.69) is 5.32 Å². The van der Waals surface area contributed by atoms with Gasteiger partial charge in [0, 0.05) is 6.04 Å². The predicted octanol–water partition coefficient (Wildman–Crippen LogP) is 3.60. The Kier molecular flexibility index (Phi) is 5.45. The fourth-order valence-electron chi connectivity index (χ4n) is 2.72. The summed E-state index contributed by atoms with van der Waals surface area (Å²) in [5.74, 6) is 0.802. The molecule has 0 unspecified atom stereocenters. The Bertz CT molecular complexity index is 438. The van der Waals surface area contributed by atoms with Gasteiger partial charge in [0.1, 0.15) is 5.75 Å². The molecule has 1 aliphatic rings. The zero-order valence-corrected chi connectivity index (χ0v) is 12.5. The smallest absolute Gasteiger partial charge is 0.261 e. The highest BCUT2D eigenvalue weighted by atomic mass is 16.5. The summed E-state index contributed by atoms with van der Waals surface area (Å²) < 4.78 is 5.84. The molecule has 1 saturated carbocycles. The summed E-state index contributed by atoms with van der Waals surface area (Å²) in [6.07, 6.45) is 6.24. The Hall–Kier alpha value is -1.51. The van der Waals surface area contributed by atoms with Crippen molar-refractivity contribution in [1.82, 2.24) is 5.32 Å². The van der Waals surface area contributed by atoms with Crippen molar-refractivity contribution in [1.29, 1.82) is 0 Å². The van der Waals surface area contributed by atoms with Crippen molar-refractivity contribution in [2.45, 2.75) is 64.5 Å². The molecule has 3 nitrogen and oxygen atoms in total. The minimum absolute atomic E-state index is 0.0286. The number of hydrogen-bond donors (Lipinski definition) is 1. The molecule has 1 aromatic rings. The molecule has 20 heavy (non-hydrogen) atoms. The Morgan fingerprint density at radius 3 is 2.75 bits per heavy atom. The van der Waals surface area contributed by atoms with E-state index in [1.807, 2.05) is 38.1 Å². The quantitative estimate of drug-likeness (QED) is 0.891. The first-order valence-electron chi connectivity index (χ1n) is 7.72. The zero-order valence-electron chi connectivity index (χ0n) is 12.5. The lowest BCUT2D eigenvalue weighted by molar-refractivity contribution is -0.129. The second kappa shape index (κ2) is 7.32. The Morgan fingerprint density at radius 1 is 1.35 bits per heavy atom. The second-order valence-corrected chi connectivity index (χ2v) is 5.67. The van der Waals surface area contributed by atoms with Crippen molar-refractivity contribution in [3.8, 4) is 5.75 Å². The van der Waals surface area contributed by atoms with Gasteiger partial charge in [-0.05, 0) is 43.9 Å². The van der Waals surface area contributed by atoms with Crippen LogP contribution in [0.5, 0.6) is 5.75 Å². The minimum atomic E-state index is -0.390. The van der Waals surface area contributed by atoms with Crippen LogP contribution in [-0.4, -0.2) is 18.1 Å². The van der Waals surface area contributed by atoms with Crippen LogP contribution in [0.15, 0.2) is 24.3 Å². The Morgan fingerprint density at radius 2 is 2.10 bits per heavy atom. The Labute approximate surface area is 121 Å². The van der Waals surface area contributed by atoms with Crippen molar-refractivity contribution in [2.75, 3.05) is 0 Å². The largest absolute Gasteiger partial charge is 0.481 e. The lowest BCUT2D eigenvalue weighted by Crippen LogP contribution is -2.44. The van der Waals surface area contributed by atoms with E-state index in [9.17, 15) is 4.79 Å². The monoisotopic (exact) mass is 275 g/mol. The van der Waals surface area contributed by atoms with Crippen LogP contribution in [0.3, 0.4) is 0 Å². The molecule has 3 heteroatoms. The van der Waals surface area contributed by atoms with Crippen molar-refractivity contribution >= 4 is 5.91 Å². The number of rotatable bonds is 5. The molecule has 0 saturated heterocycles. The third-order valence-electron chi connectivity index (χ3n) is 3.88. The molecule has 1 aromatic carbocycles. The first kappa shape index (κ1) is 14.9. The van der Waals surface area contributed by atoms with Crippen molar-refractivity contribution in [2.24, 2.45) is 0 Å². The average molecular weight is 275 g/mol. The van der Waals surface area contributed by atoms with E-state index in [0.29, 0.717) is 12.5 Å². The molecule has 0 aromatic heterocycles. The van der Waals surface area contributed by atoms with Gasteiger partial charge in [-0.2, -0.15) is 0 Å². The molecule has 0 aliphatic heterocycles. The topological polar surface area (TPSA) is 38.3 Å². The van der Waals surface area contributed by atoms with Crippen LogP contribution in [-0.2, 0) is 4.79 Å². The van der Waals surface area contributed by atoms with E-state index in [1.165, 1.54) is 19.3 Å². The molecule has 2 rings (SSSR count). The van der Waals surface area contributed by atoms with E-state index >= 15 is 0 Å². The maximum absolute atomic E-state index is 12.3. The standard InChI is InChI=1S/C17H25NO2/c1-3-16(20-15-11-7-8-13(2)12-15)17(19)18-14-9-5-4-6-10-14/h7-8,11-12,14,16H,3-6,9-10H2,1-2H3,(H,18,19)/t16-/m1/s1. The van der Waals surface area contributed by atoms with E-state index in [0.717, 1.165) is 24.2 Å². The van der Waals surface area contributed by atoms with E-state index in [1.54, 1.807) is 0 Å². The van der Waals surface area contributed by atoms with Gasteiger partial charge in [0.05, 0.1) is 0 Å². The van der Waals surface area contributed by atoms with Gasteiger partial charge in [-0.25, -0.2) is 0 Å². The zero-order chi connectivity index (χ0) is 14.4.